The fraction of sp³-hybridized carbons (Fsp3) is 0.414. The van der Waals surface area contributed by atoms with Crippen LogP contribution in [0.5, 0.6) is 5.75 Å². The highest BCUT2D eigenvalue weighted by molar-refractivity contribution is 6.55. The van der Waals surface area contributed by atoms with Crippen LogP contribution in [0.4, 0.5) is 16.2 Å². The Morgan fingerprint density at radius 1 is 1.05 bits per heavy atom. The molecule has 2 aromatic carbocycles. The number of amides is 2. The molecular weight excluding hydrogens is 468 g/mol. The predicted octanol–water partition coefficient (Wildman–Crippen LogP) is 4.42. The fourth-order valence-corrected chi connectivity index (χ4v) is 5.36. The zero-order valence-electron chi connectivity index (χ0n) is 22.2. The molecule has 5 rings (SSSR count). The molecule has 0 bridgehead atoms. The number of benzene rings is 2. The van der Waals surface area contributed by atoms with Crippen molar-refractivity contribution in [3.63, 3.8) is 0 Å². The molecular formula is C29H34N4O4. The van der Waals surface area contributed by atoms with Crippen molar-refractivity contribution in [2.75, 3.05) is 51.3 Å². The van der Waals surface area contributed by atoms with Gasteiger partial charge in [-0.2, -0.15) is 0 Å². The summed E-state index contributed by atoms with van der Waals surface area (Å²) in [4.78, 5) is 36.7. The first-order chi connectivity index (χ1) is 17.7. The lowest BCUT2D eigenvalue weighted by Gasteiger charge is -2.41. The van der Waals surface area contributed by atoms with Crippen LogP contribution in [0.15, 0.2) is 47.5 Å². The number of rotatable bonds is 5. The second kappa shape index (κ2) is 9.67. The number of nitrogens with zero attached hydrogens (tertiary/aromatic N) is 4. The van der Waals surface area contributed by atoms with Crippen LogP contribution >= 0.6 is 0 Å². The fourth-order valence-electron chi connectivity index (χ4n) is 5.36. The van der Waals surface area contributed by atoms with Crippen molar-refractivity contribution < 1.29 is 19.1 Å². The third-order valence-corrected chi connectivity index (χ3v) is 7.22. The van der Waals surface area contributed by atoms with E-state index in [1.165, 1.54) is 0 Å². The number of carbonyl (C=O) groups is 2. The molecule has 0 atom stereocenters. The number of hydrogen-bond acceptors (Lipinski definition) is 6. The maximum absolute atomic E-state index is 13.8. The van der Waals surface area contributed by atoms with E-state index >= 15 is 0 Å². The van der Waals surface area contributed by atoms with E-state index in [0.717, 1.165) is 46.7 Å². The number of piperazine rings is 1. The highest BCUT2D eigenvalue weighted by atomic mass is 16.6. The number of carbonyl (C=O) groups excluding carboxylic acids is 2. The Bertz CT molecular complexity index is 1290. The van der Waals surface area contributed by atoms with Gasteiger partial charge in [-0.05, 0) is 57.5 Å². The molecule has 8 heteroatoms. The molecule has 0 saturated carbocycles. The first-order valence-corrected chi connectivity index (χ1v) is 12.8. The summed E-state index contributed by atoms with van der Waals surface area (Å²) in [7, 11) is 1.64. The maximum Gasteiger partial charge on any atom is 0.409 e. The largest absolute Gasteiger partial charge is 0.497 e. The Balaban J connectivity index is 1.50. The standard InChI is InChI=1S/C29H34N4O4/c1-6-37-28(35)32-13-11-31(12-14-32)18-20-17-29(3,4)33-26-23(20)15-22(36-5)16-24(26)25(27(33)34)30-21-9-7-19(2)8-10-21/h7-10,15-17H,6,11-14,18H2,1-5H3. The lowest BCUT2D eigenvalue weighted by Crippen LogP contribution is -2.50. The monoisotopic (exact) mass is 502 g/mol. The zero-order chi connectivity index (χ0) is 26.3. The van der Waals surface area contributed by atoms with Crippen LogP contribution in [0, 0.1) is 6.92 Å². The second-order valence-electron chi connectivity index (χ2n) is 10.3. The molecule has 1 saturated heterocycles. The Morgan fingerprint density at radius 3 is 2.38 bits per heavy atom. The van der Waals surface area contributed by atoms with E-state index in [1.54, 1.807) is 12.0 Å². The lowest BCUT2D eigenvalue weighted by atomic mass is 9.87. The van der Waals surface area contributed by atoms with Crippen LogP contribution in [0.25, 0.3) is 5.57 Å². The number of hydrogen-bond donors (Lipinski definition) is 0. The van der Waals surface area contributed by atoms with Crippen molar-refractivity contribution in [1.29, 1.82) is 0 Å². The highest BCUT2D eigenvalue weighted by Gasteiger charge is 2.46. The molecule has 2 aromatic rings. The van der Waals surface area contributed by atoms with Crippen molar-refractivity contribution in [3.05, 3.63) is 59.2 Å². The number of anilines is 1. The van der Waals surface area contributed by atoms with Crippen LogP contribution in [-0.4, -0.2) is 79.5 Å². The Kier molecular flexibility index (Phi) is 6.54. The van der Waals surface area contributed by atoms with Gasteiger partial charge in [-0.15, -0.1) is 0 Å². The molecule has 37 heavy (non-hydrogen) atoms. The average molecular weight is 503 g/mol. The normalized spacial score (nSPS) is 19.6. The molecule has 0 unspecified atom stereocenters. The van der Waals surface area contributed by atoms with Crippen LogP contribution in [-0.2, 0) is 9.53 Å². The molecule has 0 aliphatic carbocycles. The molecule has 0 spiro atoms. The van der Waals surface area contributed by atoms with Gasteiger partial charge in [-0.1, -0.05) is 23.8 Å². The first kappa shape index (κ1) is 25.0. The maximum atomic E-state index is 13.8. The summed E-state index contributed by atoms with van der Waals surface area (Å²) in [5.41, 5.74) is 5.62. The third-order valence-electron chi connectivity index (χ3n) is 7.22. The van der Waals surface area contributed by atoms with E-state index in [4.69, 9.17) is 14.5 Å². The van der Waals surface area contributed by atoms with Crippen molar-refractivity contribution in [1.82, 2.24) is 9.80 Å². The van der Waals surface area contributed by atoms with Crippen molar-refractivity contribution in [3.8, 4) is 5.75 Å². The first-order valence-electron chi connectivity index (χ1n) is 12.8. The van der Waals surface area contributed by atoms with E-state index in [0.29, 0.717) is 37.7 Å². The van der Waals surface area contributed by atoms with Gasteiger partial charge in [-0.25, -0.2) is 9.79 Å². The summed E-state index contributed by atoms with van der Waals surface area (Å²) in [6, 6.07) is 11.8. The number of aliphatic imine (C=N–C) groups is 1. The number of aryl methyl sites for hydroxylation is 1. The van der Waals surface area contributed by atoms with Crippen LogP contribution in [0.3, 0.4) is 0 Å². The lowest BCUT2D eigenvalue weighted by molar-refractivity contribution is -0.112. The molecule has 3 aliphatic rings. The predicted molar refractivity (Wildman–Crippen MR) is 145 cm³/mol. The minimum atomic E-state index is -0.528. The highest BCUT2D eigenvalue weighted by Crippen LogP contribution is 2.47. The molecule has 8 nitrogen and oxygen atoms in total. The summed E-state index contributed by atoms with van der Waals surface area (Å²) < 4.78 is 10.8. The topological polar surface area (TPSA) is 74.7 Å². The van der Waals surface area contributed by atoms with Gasteiger partial charge in [0.15, 0.2) is 0 Å². The molecule has 0 N–H and O–H groups in total. The molecule has 0 aromatic heterocycles. The van der Waals surface area contributed by atoms with Crippen LogP contribution in [0.1, 0.15) is 37.5 Å². The van der Waals surface area contributed by atoms with Gasteiger partial charge in [0.2, 0.25) is 0 Å². The van der Waals surface area contributed by atoms with Gasteiger partial charge in [0.25, 0.3) is 5.91 Å². The van der Waals surface area contributed by atoms with Gasteiger partial charge in [0, 0.05) is 43.9 Å². The third kappa shape index (κ3) is 4.62. The van der Waals surface area contributed by atoms with E-state index in [9.17, 15) is 9.59 Å². The molecule has 3 heterocycles. The smallest absolute Gasteiger partial charge is 0.409 e. The van der Waals surface area contributed by atoms with Crippen LogP contribution in [0.2, 0.25) is 0 Å². The summed E-state index contributed by atoms with van der Waals surface area (Å²) in [6.07, 6.45) is 1.93. The van der Waals surface area contributed by atoms with Crippen molar-refractivity contribution in [2.24, 2.45) is 4.99 Å². The van der Waals surface area contributed by atoms with Crippen molar-refractivity contribution in [2.45, 2.75) is 33.2 Å². The minimum absolute atomic E-state index is 0.103. The van der Waals surface area contributed by atoms with E-state index in [-0.39, 0.29) is 12.0 Å². The van der Waals surface area contributed by atoms with Gasteiger partial charge < -0.3 is 14.4 Å². The second-order valence-corrected chi connectivity index (χ2v) is 10.3. The summed E-state index contributed by atoms with van der Waals surface area (Å²) >= 11 is 0. The quantitative estimate of drug-likeness (QED) is 0.605. The van der Waals surface area contributed by atoms with Gasteiger partial charge in [-0.3, -0.25) is 14.6 Å². The van der Waals surface area contributed by atoms with Gasteiger partial charge in [0.05, 0.1) is 30.6 Å². The minimum Gasteiger partial charge on any atom is -0.497 e. The molecule has 2 amide bonds. The van der Waals surface area contributed by atoms with E-state index in [1.807, 2.05) is 55.1 Å². The van der Waals surface area contributed by atoms with Crippen molar-refractivity contribution >= 4 is 34.7 Å². The molecule has 1 fully saturated rings. The SMILES string of the molecule is CCOC(=O)N1CCN(CC2=CC(C)(C)N3C(=O)C(=Nc4ccc(C)cc4)c4cc(OC)cc2c43)CC1. The van der Waals surface area contributed by atoms with Gasteiger partial charge in [0.1, 0.15) is 11.5 Å². The number of methoxy groups -OCH3 is 1. The van der Waals surface area contributed by atoms with E-state index in [2.05, 4.69) is 24.8 Å². The summed E-state index contributed by atoms with van der Waals surface area (Å²) in [6.45, 7) is 11.8. The summed E-state index contributed by atoms with van der Waals surface area (Å²) in [5.74, 6) is 0.589. The molecule has 0 radical (unpaired) electrons. The molecule has 3 aliphatic heterocycles. The molecule has 194 valence electrons. The van der Waals surface area contributed by atoms with E-state index < -0.39 is 5.54 Å². The Hall–Kier alpha value is -3.65. The summed E-state index contributed by atoms with van der Waals surface area (Å²) in [5, 5.41) is 0. The zero-order valence-corrected chi connectivity index (χ0v) is 22.2. The van der Waals surface area contributed by atoms with Gasteiger partial charge >= 0.3 is 6.09 Å². The Morgan fingerprint density at radius 2 is 1.73 bits per heavy atom. The van der Waals surface area contributed by atoms with Crippen LogP contribution < -0.4 is 9.64 Å². The Labute approximate surface area is 218 Å². The average Bonchev–Trinajstić information content (AvgIpc) is 3.16. The number of ether oxygens (including phenoxy) is 2.